The molecule has 1 rings (SSSR count). The van der Waals surface area contributed by atoms with Crippen LogP contribution in [-0.4, -0.2) is 20.7 Å². The third-order valence-electron chi connectivity index (χ3n) is 2.68. The van der Waals surface area contributed by atoms with Crippen LogP contribution in [0.3, 0.4) is 0 Å². The van der Waals surface area contributed by atoms with Gasteiger partial charge in [-0.25, -0.2) is 13.1 Å². The van der Waals surface area contributed by atoms with Gasteiger partial charge in [0, 0.05) is 6.54 Å². The van der Waals surface area contributed by atoms with Gasteiger partial charge >= 0.3 is 0 Å². The largest absolute Gasteiger partial charge is 0.215 e. The van der Waals surface area contributed by atoms with Gasteiger partial charge in [-0.15, -0.1) is 0 Å². The normalized spacial score (nSPS) is 11.6. The van der Waals surface area contributed by atoms with Gasteiger partial charge in [-0.1, -0.05) is 37.6 Å². The SMILES string of the molecule is CCCc1ccc(CCNS(=O)(=O)CC)cc1. The molecule has 0 radical (unpaired) electrons. The fraction of sp³-hybridized carbons (Fsp3) is 0.538. The van der Waals surface area contributed by atoms with Gasteiger partial charge in [0.05, 0.1) is 5.75 Å². The molecule has 0 amide bonds. The summed E-state index contributed by atoms with van der Waals surface area (Å²) in [5.41, 5.74) is 2.51. The van der Waals surface area contributed by atoms with E-state index < -0.39 is 10.0 Å². The van der Waals surface area contributed by atoms with E-state index in [-0.39, 0.29) is 5.75 Å². The quantitative estimate of drug-likeness (QED) is 0.811. The summed E-state index contributed by atoms with van der Waals surface area (Å²) in [6.45, 7) is 4.28. The molecule has 0 saturated heterocycles. The van der Waals surface area contributed by atoms with E-state index in [4.69, 9.17) is 0 Å². The number of aryl methyl sites for hydroxylation is 1. The van der Waals surface area contributed by atoms with Crippen LogP contribution in [-0.2, 0) is 22.9 Å². The van der Waals surface area contributed by atoms with Crippen LogP contribution in [0.25, 0.3) is 0 Å². The van der Waals surface area contributed by atoms with E-state index in [1.165, 1.54) is 11.1 Å². The summed E-state index contributed by atoms with van der Waals surface area (Å²) in [6, 6.07) is 8.39. The fourth-order valence-corrected chi connectivity index (χ4v) is 2.23. The summed E-state index contributed by atoms with van der Waals surface area (Å²) in [7, 11) is -3.06. The summed E-state index contributed by atoms with van der Waals surface area (Å²) in [4.78, 5) is 0. The first-order valence-corrected chi connectivity index (χ1v) is 7.77. The molecular weight excluding hydrogens is 234 g/mol. The van der Waals surface area contributed by atoms with Crippen molar-refractivity contribution in [2.24, 2.45) is 0 Å². The summed E-state index contributed by atoms with van der Waals surface area (Å²) >= 11 is 0. The molecule has 0 aliphatic carbocycles. The lowest BCUT2D eigenvalue weighted by Crippen LogP contribution is -2.27. The second-order valence-corrected chi connectivity index (χ2v) is 6.21. The molecular formula is C13H21NO2S. The monoisotopic (exact) mass is 255 g/mol. The Labute approximate surface area is 104 Å². The zero-order valence-corrected chi connectivity index (χ0v) is 11.4. The fourth-order valence-electron chi connectivity index (χ4n) is 1.61. The minimum atomic E-state index is -3.06. The molecule has 0 atom stereocenters. The van der Waals surface area contributed by atoms with Crippen molar-refractivity contribution < 1.29 is 8.42 Å². The molecule has 0 aromatic heterocycles. The number of benzene rings is 1. The van der Waals surface area contributed by atoms with Crippen molar-refractivity contribution >= 4 is 10.0 Å². The highest BCUT2D eigenvalue weighted by Gasteiger charge is 2.04. The molecule has 0 spiro atoms. The van der Waals surface area contributed by atoms with Gasteiger partial charge in [-0.2, -0.15) is 0 Å². The third kappa shape index (κ3) is 5.33. The number of hydrogen-bond donors (Lipinski definition) is 1. The highest BCUT2D eigenvalue weighted by molar-refractivity contribution is 7.89. The maximum Gasteiger partial charge on any atom is 0.211 e. The maximum absolute atomic E-state index is 11.2. The summed E-state index contributed by atoms with van der Waals surface area (Å²) in [5, 5.41) is 0. The predicted molar refractivity (Wildman–Crippen MR) is 71.6 cm³/mol. The lowest BCUT2D eigenvalue weighted by molar-refractivity contribution is 0.583. The zero-order valence-electron chi connectivity index (χ0n) is 10.6. The lowest BCUT2D eigenvalue weighted by atomic mass is 10.1. The third-order valence-corrected chi connectivity index (χ3v) is 4.08. The van der Waals surface area contributed by atoms with Crippen LogP contribution in [0.15, 0.2) is 24.3 Å². The minimum absolute atomic E-state index is 0.141. The molecule has 0 bridgehead atoms. The predicted octanol–water partition coefficient (Wildman–Crippen LogP) is 2.12. The van der Waals surface area contributed by atoms with Gasteiger partial charge in [0.1, 0.15) is 0 Å². The van der Waals surface area contributed by atoms with Crippen LogP contribution < -0.4 is 4.72 Å². The molecule has 4 heteroatoms. The van der Waals surface area contributed by atoms with Gasteiger partial charge in [-0.3, -0.25) is 0 Å². The standard InChI is InChI=1S/C13H21NO2S/c1-3-5-12-6-8-13(9-7-12)10-11-14-17(15,16)4-2/h6-9,14H,3-5,10-11H2,1-2H3. The first-order chi connectivity index (χ1) is 8.07. The van der Waals surface area contributed by atoms with Crippen LogP contribution in [0.4, 0.5) is 0 Å². The second kappa shape index (κ2) is 6.77. The smallest absolute Gasteiger partial charge is 0.211 e. The Morgan fingerprint density at radius 1 is 1.00 bits per heavy atom. The number of sulfonamides is 1. The van der Waals surface area contributed by atoms with Gasteiger partial charge in [-0.05, 0) is 30.9 Å². The van der Waals surface area contributed by atoms with E-state index >= 15 is 0 Å². The Morgan fingerprint density at radius 3 is 2.00 bits per heavy atom. The Bertz CT molecular complexity index is 423. The molecule has 3 nitrogen and oxygen atoms in total. The molecule has 1 N–H and O–H groups in total. The molecule has 1 aromatic rings. The van der Waals surface area contributed by atoms with Crippen molar-refractivity contribution in [3.05, 3.63) is 35.4 Å². The molecule has 0 saturated carbocycles. The van der Waals surface area contributed by atoms with Crippen molar-refractivity contribution in [2.45, 2.75) is 33.1 Å². The van der Waals surface area contributed by atoms with E-state index in [2.05, 4.69) is 35.9 Å². The topological polar surface area (TPSA) is 46.2 Å². The van der Waals surface area contributed by atoms with Crippen molar-refractivity contribution in [1.82, 2.24) is 4.72 Å². The van der Waals surface area contributed by atoms with Crippen molar-refractivity contribution in [3.63, 3.8) is 0 Å². The molecule has 0 fully saturated rings. The van der Waals surface area contributed by atoms with E-state index in [1.54, 1.807) is 6.92 Å². The van der Waals surface area contributed by atoms with Gasteiger partial charge in [0.25, 0.3) is 0 Å². The molecule has 17 heavy (non-hydrogen) atoms. The first-order valence-electron chi connectivity index (χ1n) is 6.12. The maximum atomic E-state index is 11.2. The van der Waals surface area contributed by atoms with Crippen molar-refractivity contribution in [2.75, 3.05) is 12.3 Å². The van der Waals surface area contributed by atoms with Gasteiger partial charge in [0.2, 0.25) is 10.0 Å². The Balaban J connectivity index is 2.42. The van der Waals surface area contributed by atoms with Crippen LogP contribution in [0.1, 0.15) is 31.4 Å². The first kappa shape index (κ1) is 14.2. The van der Waals surface area contributed by atoms with Gasteiger partial charge in [0.15, 0.2) is 0 Å². The molecule has 0 aliphatic rings. The number of nitrogens with one attached hydrogen (secondary N) is 1. The minimum Gasteiger partial charge on any atom is -0.215 e. The average molecular weight is 255 g/mol. The highest BCUT2D eigenvalue weighted by Crippen LogP contribution is 2.07. The van der Waals surface area contributed by atoms with Gasteiger partial charge < -0.3 is 0 Å². The molecule has 1 aromatic carbocycles. The molecule has 0 unspecified atom stereocenters. The molecule has 0 heterocycles. The number of rotatable bonds is 7. The van der Waals surface area contributed by atoms with E-state index in [0.717, 1.165) is 19.3 Å². The zero-order chi connectivity index (χ0) is 12.7. The number of hydrogen-bond acceptors (Lipinski definition) is 2. The van der Waals surface area contributed by atoms with E-state index in [1.807, 2.05) is 0 Å². The van der Waals surface area contributed by atoms with Crippen LogP contribution in [0, 0.1) is 0 Å². The molecule has 96 valence electrons. The van der Waals surface area contributed by atoms with Crippen molar-refractivity contribution in [3.8, 4) is 0 Å². The second-order valence-electron chi connectivity index (χ2n) is 4.11. The average Bonchev–Trinajstić information content (AvgIpc) is 2.32. The molecule has 0 aliphatic heterocycles. The highest BCUT2D eigenvalue weighted by atomic mass is 32.2. The lowest BCUT2D eigenvalue weighted by Gasteiger charge is -2.05. The summed E-state index contributed by atoms with van der Waals surface area (Å²) in [6.07, 6.45) is 2.99. The van der Waals surface area contributed by atoms with Crippen molar-refractivity contribution in [1.29, 1.82) is 0 Å². The van der Waals surface area contributed by atoms with E-state index in [9.17, 15) is 8.42 Å². The van der Waals surface area contributed by atoms with Crippen LogP contribution >= 0.6 is 0 Å². The van der Waals surface area contributed by atoms with Crippen LogP contribution in [0.2, 0.25) is 0 Å². The summed E-state index contributed by atoms with van der Waals surface area (Å²) in [5.74, 6) is 0.141. The Kier molecular flexibility index (Phi) is 5.65. The Morgan fingerprint density at radius 2 is 1.53 bits per heavy atom. The van der Waals surface area contributed by atoms with Crippen LogP contribution in [0.5, 0.6) is 0 Å². The Hall–Kier alpha value is -0.870. The summed E-state index contributed by atoms with van der Waals surface area (Å²) < 4.78 is 25.0. The van der Waals surface area contributed by atoms with E-state index in [0.29, 0.717) is 6.54 Å².